The molecular formula is C21H20F3NO2. The lowest BCUT2D eigenvalue weighted by Gasteiger charge is -2.23. The molecule has 1 amide bonds. The van der Waals surface area contributed by atoms with Crippen LogP contribution in [0.1, 0.15) is 39.0 Å². The van der Waals surface area contributed by atoms with Crippen LogP contribution in [0.25, 0.3) is 6.08 Å². The predicted octanol–water partition coefficient (Wildman–Crippen LogP) is 4.67. The van der Waals surface area contributed by atoms with E-state index in [1.54, 1.807) is 19.1 Å². The summed E-state index contributed by atoms with van der Waals surface area (Å²) in [4.78, 5) is 12.7. The number of carbonyl (C=O) groups excluding carboxylic acids is 1. The molecule has 1 aliphatic rings. The van der Waals surface area contributed by atoms with E-state index in [4.69, 9.17) is 0 Å². The highest BCUT2D eigenvalue weighted by atomic mass is 19.4. The van der Waals surface area contributed by atoms with Gasteiger partial charge in [0.05, 0.1) is 6.10 Å². The summed E-state index contributed by atoms with van der Waals surface area (Å²) in [7, 11) is 0. The van der Waals surface area contributed by atoms with Crippen molar-refractivity contribution in [2.45, 2.75) is 38.5 Å². The minimum atomic E-state index is -4.37. The molecule has 27 heavy (non-hydrogen) atoms. The van der Waals surface area contributed by atoms with Crippen molar-refractivity contribution < 1.29 is 23.1 Å². The van der Waals surface area contributed by atoms with Crippen LogP contribution in [0.2, 0.25) is 0 Å². The van der Waals surface area contributed by atoms with Crippen LogP contribution >= 0.6 is 0 Å². The van der Waals surface area contributed by atoms with Gasteiger partial charge in [0, 0.05) is 23.7 Å². The minimum absolute atomic E-state index is 0.170. The first-order valence-corrected chi connectivity index (χ1v) is 8.70. The molecule has 3 rings (SSSR count). The molecule has 2 N–H and O–H groups in total. The summed E-state index contributed by atoms with van der Waals surface area (Å²) in [6.45, 7) is 1.68. The zero-order valence-corrected chi connectivity index (χ0v) is 14.8. The van der Waals surface area contributed by atoms with Crippen LogP contribution in [0, 0.1) is 6.92 Å². The van der Waals surface area contributed by atoms with Gasteiger partial charge in [-0.15, -0.1) is 0 Å². The number of anilines is 1. The van der Waals surface area contributed by atoms with E-state index in [9.17, 15) is 23.1 Å². The molecule has 1 atom stereocenters. The Morgan fingerprint density at radius 3 is 2.74 bits per heavy atom. The summed E-state index contributed by atoms with van der Waals surface area (Å²) in [6, 6.07) is 10.2. The van der Waals surface area contributed by atoms with E-state index in [2.05, 4.69) is 5.32 Å². The number of hydrogen-bond acceptors (Lipinski definition) is 2. The molecule has 0 saturated heterocycles. The average molecular weight is 375 g/mol. The fourth-order valence-electron chi connectivity index (χ4n) is 3.31. The standard InChI is InChI=1S/C21H20F3NO2/c1-13-11-14(9-10-21(22,23)24)5-8-17(13)20(27)25-19-4-2-3-15-6-7-16(26)12-18(15)19/h2-5,8-11,16,26H,6-7,12H2,1H3,(H,25,27)/t16-/m0/s1. The van der Waals surface area contributed by atoms with Crippen molar-refractivity contribution >= 4 is 17.7 Å². The molecule has 0 spiro atoms. The molecule has 6 heteroatoms. The second-order valence-electron chi connectivity index (χ2n) is 6.74. The maximum absolute atomic E-state index is 12.7. The third-order valence-electron chi connectivity index (χ3n) is 4.67. The molecule has 0 bridgehead atoms. The lowest BCUT2D eigenvalue weighted by molar-refractivity contribution is -0.0790. The number of allylic oxidation sites excluding steroid dienone is 1. The van der Waals surface area contributed by atoms with Gasteiger partial charge in [0.15, 0.2) is 0 Å². The smallest absolute Gasteiger partial charge is 0.393 e. The first-order valence-electron chi connectivity index (χ1n) is 8.70. The lowest BCUT2D eigenvalue weighted by atomic mass is 9.88. The first-order chi connectivity index (χ1) is 12.7. The summed E-state index contributed by atoms with van der Waals surface area (Å²) >= 11 is 0. The molecule has 142 valence electrons. The maximum atomic E-state index is 12.7. The van der Waals surface area contributed by atoms with Gasteiger partial charge in [0.1, 0.15) is 0 Å². The topological polar surface area (TPSA) is 49.3 Å². The van der Waals surface area contributed by atoms with Gasteiger partial charge in [0.2, 0.25) is 0 Å². The number of halogens is 3. The highest BCUT2D eigenvalue weighted by Crippen LogP contribution is 2.29. The summed E-state index contributed by atoms with van der Waals surface area (Å²) < 4.78 is 36.9. The summed E-state index contributed by atoms with van der Waals surface area (Å²) in [6.07, 6.45) is -1.69. The van der Waals surface area contributed by atoms with E-state index >= 15 is 0 Å². The number of carbonyl (C=O) groups is 1. The van der Waals surface area contributed by atoms with Gasteiger partial charge in [-0.2, -0.15) is 13.2 Å². The van der Waals surface area contributed by atoms with Gasteiger partial charge >= 0.3 is 6.18 Å². The van der Waals surface area contributed by atoms with E-state index in [0.717, 1.165) is 23.6 Å². The summed E-state index contributed by atoms with van der Waals surface area (Å²) in [5, 5.41) is 12.8. The average Bonchev–Trinajstić information content (AvgIpc) is 2.60. The SMILES string of the molecule is Cc1cc(C=CC(F)(F)F)ccc1C(=O)Nc1cccc2c1C[C@@H](O)CC2. The van der Waals surface area contributed by atoms with Crippen molar-refractivity contribution in [2.75, 3.05) is 5.32 Å². The van der Waals surface area contributed by atoms with E-state index < -0.39 is 12.3 Å². The van der Waals surface area contributed by atoms with Crippen molar-refractivity contribution in [1.29, 1.82) is 0 Å². The largest absolute Gasteiger partial charge is 0.409 e. The van der Waals surface area contributed by atoms with Crippen LogP contribution in [-0.4, -0.2) is 23.3 Å². The fraction of sp³-hybridized carbons (Fsp3) is 0.286. The Morgan fingerprint density at radius 2 is 2.04 bits per heavy atom. The Labute approximate surface area is 155 Å². The Morgan fingerprint density at radius 1 is 1.26 bits per heavy atom. The van der Waals surface area contributed by atoms with Gasteiger partial charge in [0.25, 0.3) is 5.91 Å². The second kappa shape index (κ2) is 7.56. The molecule has 0 aliphatic heterocycles. The third kappa shape index (κ3) is 4.77. The molecule has 0 heterocycles. The van der Waals surface area contributed by atoms with E-state index in [1.165, 1.54) is 12.1 Å². The van der Waals surface area contributed by atoms with Crippen molar-refractivity contribution in [1.82, 2.24) is 0 Å². The van der Waals surface area contributed by atoms with Crippen LogP contribution in [0.15, 0.2) is 42.5 Å². The summed E-state index contributed by atoms with van der Waals surface area (Å²) in [5.74, 6) is -0.327. The van der Waals surface area contributed by atoms with Gasteiger partial charge in [-0.1, -0.05) is 30.3 Å². The van der Waals surface area contributed by atoms with E-state index in [-0.39, 0.29) is 12.0 Å². The predicted molar refractivity (Wildman–Crippen MR) is 98.7 cm³/mol. The Hall–Kier alpha value is -2.60. The van der Waals surface area contributed by atoms with Crippen LogP contribution in [0.5, 0.6) is 0 Å². The van der Waals surface area contributed by atoms with Gasteiger partial charge in [-0.3, -0.25) is 4.79 Å². The number of aliphatic hydroxyl groups excluding tert-OH is 1. The molecule has 0 unspecified atom stereocenters. The highest BCUT2D eigenvalue weighted by molar-refractivity contribution is 6.05. The Balaban J connectivity index is 1.80. The number of hydrogen-bond donors (Lipinski definition) is 2. The number of nitrogens with one attached hydrogen (secondary N) is 1. The molecule has 0 aromatic heterocycles. The molecular weight excluding hydrogens is 355 g/mol. The second-order valence-corrected chi connectivity index (χ2v) is 6.74. The summed E-state index contributed by atoms with van der Waals surface area (Å²) in [5.41, 5.74) is 4.07. The molecule has 0 fully saturated rings. The molecule has 0 radical (unpaired) electrons. The maximum Gasteiger partial charge on any atom is 0.409 e. The van der Waals surface area contributed by atoms with Crippen LogP contribution in [0.3, 0.4) is 0 Å². The van der Waals surface area contributed by atoms with E-state index in [1.807, 2.05) is 12.1 Å². The quantitative estimate of drug-likeness (QED) is 0.819. The first kappa shape index (κ1) is 19.2. The molecule has 2 aromatic rings. The number of amides is 1. The van der Waals surface area contributed by atoms with Gasteiger partial charge < -0.3 is 10.4 Å². The molecule has 2 aromatic carbocycles. The van der Waals surface area contributed by atoms with Gasteiger partial charge in [-0.05, 0) is 54.2 Å². The Kier molecular flexibility index (Phi) is 5.37. The zero-order valence-electron chi connectivity index (χ0n) is 14.8. The molecule has 1 aliphatic carbocycles. The number of benzene rings is 2. The number of fused-ring (bicyclic) bond motifs is 1. The Bertz CT molecular complexity index is 887. The van der Waals surface area contributed by atoms with E-state index in [0.29, 0.717) is 35.2 Å². The molecule has 3 nitrogen and oxygen atoms in total. The highest BCUT2D eigenvalue weighted by Gasteiger charge is 2.22. The third-order valence-corrected chi connectivity index (χ3v) is 4.67. The number of rotatable bonds is 3. The lowest BCUT2D eigenvalue weighted by Crippen LogP contribution is -2.22. The van der Waals surface area contributed by atoms with Crippen LogP contribution in [0.4, 0.5) is 18.9 Å². The van der Waals surface area contributed by atoms with Crippen LogP contribution in [-0.2, 0) is 12.8 Å². The van der Waals surface area contributed by atoms with Gasteiger partial charge in [-0.25, -0.2) is 0 Å². The van der Waals surface area contributed by atoms with Crippen molar-refractivity contribution in [2.24, 2.45) is 0 Å². The van der Waals surface area contributed by atoms with Crippen molar-refractivity contribution in [3.63, 3.8) is 0 Å². The van der Waals surface area contributed by atoms with Crippen molar-refractivity contribution in [3.8, 4) is 0 Å². The number of alkyl halides is 3. The monoisotopic (exact) mass is 375 g/mol. The normalized spacial score (nSPS) is 17.0. The number of aryl methyl sites for hydroxylation is 2. The van der Waals surface area contributed by atoms with Crippen LogP contribution < -0.4 is 5.32 Å². The minimum Gasteiger partial charge on any atom is -0.393 e. The zero-order chi connectivity index (χ0) is 19.6. The molecule has 0 saturated carbocycles. The fourth-order valence-corrected chi connectivity index (χ4v) is 3.31. The van der Waals surface area contributed by atoms with Crippen molar-refractivity contribution in [3.05, 3.63) is 70.3 Å². The number of aliphatic hydroxyl groups is 1.